The number of ether oxygens (including phenoxy) is 1. The molecule has 6 heteroatoms. The Morgan fingerprint density at radius 1 is 1.15 bits per heavy atom. The van der Waals surface area contributed by atoms with Gasteiger partial charge < -0.3 is 15.0 Å². The minimum absolute atomic E-state index is 0.0598. The molecular weight excluding hydrogens is 364 g/mol. The highest BCUT2D eigenvalue weighted by Gasteiger charge is 2.15. The van der Waals surface area contributed by atoms with Crippen molar-refractivity contribution in [2.24, 2.45) is 0 Å². The number of benzene rings is 2. The Morgan fingerprint density at radius 3 is 2.44 bits per heavy atom. The molecule has 0 unspecified atom stereocenters. The van der Waals surface area contributed by atoms with E-state index in [0.29, 0.717) is 22.4 Å². The molecule has 144 valence electrons. The number of amides is 2. The van der Waals surface area contributed by atoms with Crippen LogP contribution in [0, 0.1) is 6.92 Å². The molecule has 0 spiro atoms. The van der Waals surface area contributed by atoms with Gasteiger partial charge in [-0.25, -0.2) is 0 Å². The van der Waals surface area contributed by atoms with Crippen molar-refractivity contribution in [1.82, 2.24) is 4.90 Å². The predicted octanol–water partition coefficient (Wildman–Crippen LogP) is 4.25. The second kappa shape index (κ2) is 9.42. The van der Waals surface area contributed by atoms with E-state index in [1.807, 2.05) is 25.1 Å². The van der Waals surface area contributed by atoms with Gasteiger partial charge in [-0.3, -0.25) is 9.59 Å². The zero-order valence-corrected chi connectivity index (χ0v) is 16.8. The molecule has 27 heavy (non-hydrogen) atoms. The third kappa shape index (κ3) is 6.29. The summed E-state index contributed by atoms with van der Waals surface area (Å²) in [5.41, 5.74) is 2.75. The number of halogens is 1. The van der Waals surface area contributed by atoms with Crippen molar-refractivity contribution in [3.63, 3.8) is 0 Å². The number of hydrogen-bond donors (Lipinski definition) is 1. The van der Waals surface area contributed by atoms with Crippen molar-refractivity contribution in [2.45, 2.75) is 26.7 Å². The first-order valence-corrected chi connectivity index (χ1v) is 9.16. The van der Waals surface area contributed by atoms with E-state index in [1.165, 1.54) is 4.90 Å². The third-order valence-electron chi connectivity index (χ3n) is 4.08. The molecule has 0 saturated carbocycles. The molecular formula is C21H25ClN2O3. The molecule has 0 aliphatic heterocycles. The smallest absolute Gasteiger partial charge is 0.260 e. The minimum Gasteiger partial charge on any atom is -0.483 e. The van der Waals surface area contributed by atoms with Gasteiger partial charge in [-0.05, 0) is 54.3 Å². The minimum atomic E-state index is -0.286. The molecule has 0 saturated heterocycles. The molecule has 2 amide bonds. The molecule has 0 aliphatic carbocycles. The summed E-state index contributed by atoms with van der Waals surface area (Å²) in [7, 11) is 1.58. The fraction of sp³-hybridized carbons (Fsp3) is 0.333. The summed E-state index contributed by atoms with van der Waals surface area (Å²) in [6.07, 6.45) is 0. The molecule has 0 radical (unpaired) electrons. The predicted molar refractivity (Wildman–Crippen MR) is 108 cm³/mol. The van der Waals surface area contributed by atoms with Crippen LogP contribution in [-0.4, -0.2) is 36.9 Å². The van der Waals surface area contributed by atoms with Crippen LogP contribution < -0.4 is 10.1 Å². The van der Waals surface area contributed by atoms with Crippen molar-refractivity contribution >= 4 is 29.1 Å². The second-order valence-corrected chi connectivity index (χ2v) is 7.23. The first-order chi connectivity index (χ1) is 12.8. The maximum Gasteiger partial charge on any atom is 0.260 e. The lowest BCUT2D eigenvalue weighted by atomic mass is 10.0. The van der Waals surface area contributed by atoms with Crippen LogP contribution in [0.4, 0.5) is 5.69 Å². The van der Waals surface area contributed by atoms with E-state index < -0.39 is 0 Å². The van der Waals surface area contributed by atoms with Crippen LogP contribution in [0.3, 0.4) is 0 Å². The van der Waals surface area contributed by atoms with Crippen LogP contribution in [0.25, 0.3) is 0 Å². The van der Waals surface area contributed by atoms with Crippen LogP contribution in [0.2, 0.25) is 5.02 Å². The molecule has 5 nitrogen and oxygen atoms in total. The average Bonchev–Trinajstić information content (AvgIpc) is 2.61. The number of likely N-dealkylation sites (N-methyl/N-ethyl adjacent to an activating group) is 1. The number of nitrogens with one attached hydrogen (secondary N) is 1. The largest absolute Gasteiger partial charge is 0.483 e. The van der Waals surface area contributed by atoms with E-state index in [0.717, 1.165) is 11.1 Å². The van der Waals surface area contributed by atoms with Crippen LogP contribution in [0.15, 0.2) is 42.5 Å². The van der Waals surface area contributed by atoms with Gasteiger partial charge in [0.25, 0.3) is 5.91 Å². The van der Waals surface area contributed by atoms with Crippen molar-refractivity contribution in [3.05, 3.63) is 58.6 Å². The number of aryl methyl sites for hydroxylation is 1. The van der Waals surface area contributed by atoms with Crippen LogP contribution in [0.1, 0.15) is 30.9 Å². The summed E-state index contributed by atoms with van der Waals surface area (Å²) in [5, 5.41) is 3.32. The van der Waals surface area contributed by atoms with Crippen molar-refractivity contribution in [1.29, 1.82) is 0 Å². The zero-order chi connectivity index (χ0) is 20.0. The van der Waals surface area contributed by atoms with Gasteiger partial charge in [-0.2, -0.15) is 0 Å². The SMILES string of the molecule is Cc1ccc(C(C)C)c(OCC(=O)N(C)CC(=O)Nc2ccc(Cl)cc2)c1. The van der Waals surface area contributed by atoms with Gasteiger partial charge in [-0.15, -0.1) is 0 Å². The molecule has 1 N–H and O–H groups in total. The average molecular weight is 389 g/mol. The standard InChI is InChI=1S/C21H25ClN2O3/c1-14(2)18-10-5-15(3)11-19(18)27-13-21(26)24(4)12-20(25)23-17-8-6-16(22)7-9-17/h5-11,14H,12-13H2,1-4H3,(H,23,25). The molecule has 0 aromatic heterocycles. The Bertz CT molecular complexity index is 804. The molecule has 0 heterocycles. The molecule has 0 fully saturated rings. The highest BCUT2D eigenvalue weighted by molar-refractivity contribution is 6.30. The first-order valence-electron chi connectivity index (χ1n) is 8.79. The molecule has 2 rings (SSSR count). The number of anilines is 1. The lowest BCUT2D eigenvalue weighted by molar-refractivity contribution is -0.135. The van der Waals surface area contributed by atoms with E-state index in [4.69, 9.17) is 16.3 Å². The Kier molecular flexibility index (Phi) is 7.25. The lowest BCUT2D eigenvalue weighted by Gasteiger charge is -2.19. The topological polar surface area (TPSA) is 58.6 Å². The quantitative estimate of drug-likeness (QED) is 0.771. The number of hydrogen-bond acceptors (Lipinski definition) is 3. The van der Waals surface area contributed by atoms with Crippen molar-refractivity contribution < 1.29 is 14.3 Å². The molecule has 0 aliphatic rings. The Hall–Kier alpha value is -2.53. The van der Waals surface area contributed by atoms with Gasteiger partial charge in [0, 0.05) is 17.8 Å². The first kappa shape index (κ1) is 20.8. The number of carbonyl (C=O) groups is 2. The normalized spacial score (nSPS) is 10.6. The summed E-state index contributed by atoms with van der Waals surface area (Å²) in [6.45, 7) is 5.95. The number of carbonyl (C=O) groups excluding carboxylic acids is 2. The van der Waals surface area contributed by atoms with Crippen LogP contribution in [0.5, 0.6) is 5.75 Å². The highest BCUT2D eigenvalue weighted by atomic mass is 35.5. The molecule has 0 atom stereocenters. The molecule has 0 bridgehead atoms. The summed E-state index contributed by atoms with van der Waals surface area (Å²) in [4.78, 5) is 25.8. The Balaban J connectivity index is 1.89. The van der Waals surface area contributed by atoms with E-state index in [9.17, 15) is 9.59 Å². The van der Waals surface area contributed by atoms with Gasteiger partial charge in [0.05, 0.1) is 6.54 Å². The van der Waals surface area contributed by atoms with Gasteiger partial charge >= 0.3 is 0 Å². The van der Waals surface area contributed by atoms with Gasteiger partial charge in [0.15, 0.2) is 6.61 Å². The number of rotatable bonds is 7. The lowest BCUT2D eigenvalue weighted by Crippen LogP contribution is -2.37. The monoisotopic (exact) mass is 388 g/mol. The molecule has 2 aromatic rings. The fourth-order valence-corrected chi connectivity index (χ4v) is 2.66. The van der Waals surface area contributed by atoms with Crippen LogP contribution in [-0.2, 0) is 9.59 Å². The maximum absolute atomic E-state index is 12.3. The Labute approximate surface area is 165 Å². The number of nitrogens with zero attached hydrogens (tertiary/aromatic N) is 1. The second-order valence-electron chi connectivity index (χ2n) is 6.79. The van der Waals surface area contributed by atoms with E-state index in [-0.39, 0.29) is 25.0 Å². The fourth-order valence-electron chi connectivity index (χ4n) is 2.53. The zero-order valence-electron chi connectivity index (χ0n) is 16.1. The van der Waals surface area contributed by atoms with Crippen molar-refractivity contribution in [2.75, 3.05) is 25.5 Å². The van der Waals surface area contributed by atoms with E-state index >= 15 is 0 Å². The Morgan fingerprint density at radius 2 is 1.81 bits per heavy atom. The summed E-state index contributed by atoms with van der Waals surface area (Å²) < 4.78 is 5.74. The maximum atomic E-state index is 12.3. The van der Waals surface area contributed by atoms with Gasteiger partial charge in [0.2, 0.25) is 5.91 Å². The van der Waals surface area contributed by atoms with Crippen LogP contribution >= 0.6 is 11.6 Å². The van der Waals surface area contributed by atoms with Gasteiger partial charge in [-0.1, -0.05) is 37.6 Å². The van der Waals surface area contributed by atoms with E-state index in [2.05, 4.69) is 19.2 Å². The summed E-state index contributed by atoms with van der Waals surface area (Å²) in [5.74, 6) is 0.444. The van der Waals surface area contributed by atoms with Gasteiger partial charge in [0.1, 0.15) is 5.75 Å². The summed E-state index contributed by atoms with van der Waals surface area (Å²) >= 11 is 5.82. The summed E-state index contributed by atoms with van der Waals surface area (Å²) in [6, 6.07) is 12.8. The highest BCUT2D eigenvalue weighted by Crippen LogP contribution is 2.27. The van der Waals surface area contributed by atoms with Crippen molar-refractivity contribution in [3.8, 4) is 5.75 Å². The third-order valence-corrected chi connectivity index (χ3v) is 4.33. The van der Waals surface area contributed by atoms with E-state index in [1.54, 1.807) is 31.3 Å². The molecule has 2 aromatic carbocycles.